The molecule has 0 aliphatic rings. The van der Waals surface area contributed by atoms with E-state index in [4.69, 9.17) is 5.73 Å². The van der Waals surface area contributed by atoms with E-state index in [1.807, 2.05) is 0 Å². The molecule has 21 heavy (non-hydrogen) atoms. The Balaban J connectivity index is 2.56. The quantitative estimate of drug-likeness (QED) is 0.709. The molecule has 1 heterocycles. The predicted molar refractivity (Wildman–Crippen MR) is 88.7 cm³/mol. The van der Waals surface area contributed by atoms with E-state index in [-0.39, 0.29) is 11.0 Å². The van der Waals surface area contributed by atoms with Crippen molar-refractivity contribution in [2.45, 2.75) is 53.5 Å². The van der Waals surface area contributed by atoms with Gasteiger partial charge in [-0.3, -0.25) is 4.79 Å². The molecular formula is C16H30N4O. The number of hydrogen-bond donors (Lipinski definition) is 1. The minimum atomic E-state index is -0.0162. The summed E-state index contributed by atoms with van der Waals surface area (Å²) in [4.78, 5) is 14.2. The average molecular weight is 294 g/mol. The van der Waals surface area contributed by atoms with Gasteiger partial charge in [0.1, 0.15) is 0 Å². The molecule has 0 fully saturated rings. The molecule has 0 aromatic carbocycles. The first kappa shape index (κ1) is 17.7. The highest BCUT2D eigenvalue weighted by Crippen LogP contribution is 2.21. The summed E-state index contributed by atoms with van der Waals surface area (Å²) in [5.41, 5.74) is 6.80. The summed E-state index contributed by atoms with van der Waals surface area (Å²) in [7, 11) is 0. The second-order valence-corrected chi connectivity index (χ2v) is 6.27. The number of aryl methyl sites for hydroxylation is 1. The van der Waals surface area contributed by atoms with Crippen LogP contribution in [0.5, 0.6) is 0 Å². The minimum absolute atomic E-state index is 0.0162. The standard InChI is InChI=1S/C16H30N4O/c1-5-19(6-2)14-11-15(21)20(18-12-14)10-8-7-9-16(3,4)13-17/h11-12H,5-10,13,17H2,1-4H3. The van der Waals surface area contributed by atoms with E-state index < -0.39 is 0 Å². The third-order valence-electron chi connectivity index (χ3n) is 4.01. The topological polar surface area (TPSA) is 64.2 Å². The molecule has 5 nitrogen and oxygen atoms in total. The SMILES string of the molecule is CCN(CC)c1cnn(CCCCC(C)(C)CN)c(=O)c1. The lowest BCUT2D eigenvalue weighted by Gasteiger charge is -2.22. The van der Waals surface area contributed by atoms with Gasteiger partial charge in [0.05, 0.1) is 11.9 Å². The van der Waals surface area contributed by atoms with Crippen molar-refractivity contribution in [2.24, 2.45) is 11.1 Å². The Morgan fingerprint density at radius 3 is 2.48 bits per heavy atom. The molecule has 1 rings (SSSR count). The molecule has 0 saturated heterocycles. The maximum Gasteiger partial charge on any atom is 0.268 e. The van der Waals surface area contributed by atoms with E-state index in [1.54, 1.807) is 16.9 Å². The highest BCUT2D eigenvalue weighted by atomic mass is 16.1. The van der Waals surface area contributed by atoms with Crippen molar-refractivity contribution in [3.05, 3.63) is 22.6 Å². The summed E-state index contributed by atoms with van der Waals surface area (Å²) in [5.74, 6) is 0. The summed E-state index contributed by atoms with van der Waals surface area (Å²) >= 11 is 0. The van der Waals surface area contributed by atoms with E-state index in [0.717, 1.165) is 38.0 Å². The van der Waals surface area contributed by atoms with Crippen LogP contribution in [0.1, 0.15) is 47.0 Å². The Kier molecular flexibility index (Phi) is 6.89. The van der Waals surface area contributed by atoms with Crippen molar-refractivity contribution < 1.29 is 0 Å². The van der Waals surface area contributed by atoms with Crippen LogP contribution in [0.4, 0.5) is 5.69 Å². The van der Waals surface area contributed by atoms with Gasteiger partial charge < -0.3 is 10.6 Å². The fourth-order valence-electron chi connectivity index (χ4n) is 2.32. The molecule has 0 bridgehead atoms. The summed E-state index contributed by atoms with van der Waals surface area (Å²) in [6.45, 7) is 11.7. The third-order valence-corrected chi connectivity index (χ3v) is 4.01. The zero-order valence-electron chi connectivity index (χ0n) is 13.9. The number of aromatic nitrogens is 2. The van der Waals surface area contributed by atoms with Crippen LogP contribution < -0.4 is 16.2 Å². The maximum atomic E-state index is 12.1. The molecule has 0 aliphatic carbocycles. The molecule has 0 saturated carbocycles. The van der Waals surface area contributed by atoms with Crippen molar-refractivity contribution in [1.29, 1.82) is 0 Å². The Hall–Kier alpha value is -1.36. The van der Waals surface area contributed by atoms with Crippen LogP contribution in [0.2, 0.25) is 0 Å². The van der Waals surface area contributed by atoms with Gasteiger partial charge in [-0.1, -0.05) is 20.3 Å². The monoisotopic (exact) mass is 294 g/mol. The molecule has 120 valence electrons. The van der Waals surface area contributed by atoms with Crippen LogP contribution >= 0.6 is 0 Å². The largest absolute Gasteiger partial charge is 0.371 e. The van der Waals surface area contributed by atoms with Crippen LogP contribution in [0, 0.1) is 5.41 Å². The van der Waals surface area contributed by atoms with Crippen LogP contribution in [0.25, 0.3) is 0 Å². The maximum absolute atomic E-state index is 12.1. The lowest BCUT2D eigenvalue weighted by Crippen LogP contribution is -2.28. The molecule has 2 N–H and O–H groups in total. The number of anilines is 1. The van der Waals surface area contributed by atoms with Crippen molar-refractivity contribution in [3.8, 4) is 0 Å². The first-order valence-corrected chi connectivity index (χ1v) is 7.95. The third kappa shape index (κ3) is 5.50. The van der Waals surface area contributed by atoms with Crippen molar-refractivity contribution in [1.82, 2.24) is 9.78 Å². The predicted octanol–water partition coefficient (Wildman–Crippen LogP) is 2.24. The lowest BCUT2D eigenvalue weighted by atomic mass is 9.87. The number of nitrogens with two attached hydrogens (primary N) is 1. The Labute approximate surface area is 128 Å². The smallest absolute Gasteiger partial charge is 0.268 e. The van der Waals surface area contributed by atoms with Gasteiger partial charge >= 0.3 is 0 Å². The molecule has 0 amide bonds. The van der Waals surface area contributed by atoms with Gasteiger partial charge in [-0.15, -0.1) is 0 Å². The Morgan fingerprint density at radius 1 is 1.29 bits per heavy atom. The molecule has 0 spiro atoms. The number of hydrogen-bond acceptors (Lipinski definition) is 4. The van der Waals surface area contributed by atoms with Crippen molar-refractivity contribution in [2.75, 3.05) is 24.5 Å². The molecule has 0 aliphatic heterocycles. The minimum Gasteiger partial charge on any atom is -0.371 e. The molecule has 0 radical (unpaired) electrons. The molecule has 0 unspecified atom stereocenters. The van der Waals surface area contributed by atoms with Gasteiger partial charge in [-0.25, -0.2) is 4.68 Å². The first-order valence-electron chi connectivity index (χ1n) is 7.95. The van der Waals surface area contributed by atoms with Gasteiger partial charge in [-0.2, -0.15) is 5.10 Å². The lowest BCUT2D eigenvalue weighted by molar-refractivity contribution is 0.326. The number of rotatable bonds is 9. The van der Waals surface area contributed by atoms with E-state index in [9.17, 15) is 4.79 Å². The van der Waals surface area contributed by atoms with Gasteiger partial charge in [0.2, 0.25) is 0 Å². The zero-order valence-corrected chi connectivity index (χ0v) is 13.9. The van der Waals surface area contributed by atoms with Crippen LogP contribution in [0.3, 0.4) is 0 Å². The highest BCUT2D eigenvalue weighted by molar-refractivity contribution is 5.42. The second kappa shape index (κ2) is 8.17. The van der Waals surface area contributed by atoms with Gasteiger partial charge in [0.25, 0.3) is 5.56 Å². The number of unbranched alkanes of at least 4 members (excludes halogenated alkanes) is 1. The Morgan fingerprint density at radius 2 is 1.95 bits per heavy atom. The molecule has 0 atom stereocenters. The van der Waals surface area contributed by atoms with Gasteiger partial charge in [0, 0.05) is 25.7 Å². The van der Waals surface area contributed by atoms with E-state index >= 15 is 0 Å². The molecule has 5 heteroatoms. The van der Waals surface area contributed by atoms with Crippen LogP contribution in [-0.2, 0) is 6.54 Å². The molecule has 1 aromatic heterocycles. The fourth-order valence-corrected chi connectivity index (χ4v) is 2.32. The Bertz CT molecular complexity index is 477. The van der Waals surface area contributed by atoms with E-state index in [0.29, 0.717) is 13.1 Å². The second-order valence-electron chi connectivity index (χ2n) is 6.27. The summed E-state index contributed by atoms with van der Waals surface area (Å²) in [6, 6.07) is 1.68. The van der Waals surface area contributed by atoms with E-state index in [2.05, 4.69) is 37.7 Å². The van der Waals surface area contributed by atoms with Gasteiger partial charge in [-0.05, 0) is 38.6 Å². The molecular weight excluding hydrogens is 264 g/mol. The first-order chi connectivity index (χ1) is 9.93. The summed E-state index contributed by atoms with van der Waals surface area (Å²) in [5, 5.41) is 4.29. The normalized spacial score (nSPS) is 11.7. The number of nitrogens with zero attached hydrogens (tertiary/aromatic N) is 3. The highest BCUT2D eigenvalue weighted by Gasteiger charge is 2.14. The van der Waals surface area contributed by atoms with Gasteiger partial charge in [0.15, 0.2) is 0 Å². The van der Waals surface area contributed by atoms with Crippen LogP contribution in [0.15, 0.2) is 17.1 Å². The fraction of sp³-hybridized carbons (Fsp3) is 0.750. The average Bonchev–Trinajstić information content (AvgIpc) is 2.46. The van der Waals surface area contributed by atoms with Crippen molar-refractivity contribution >= 4 is 5.69 Å². The summed E-state index contributed by atoms with van der Waals surface area (Å²) < 4.78 is 1.56. The molecule has 1 aromatic rings. The van der Waals surface area contributed by atoms with E-state index in [1.165, 1.54) is 0 Å². The summed E-state index contributed by atoms with van der Waals surface area (Å²) in [6.07, 6.45) is 4.89. The van der Waals surface area contributed by atoms with Crippen molar-refractivity contribution in [3.63, 3.8) is 0 Å². The zero-order chi connectivity index (χ0) is 15.9. The van der Waals surface area contributed by atoms with Crippen LogP contribution in [-0.4, -0.2) is 29.4 Å².